The molecule has 0 saturated heterocycles. The van der Waals surface area contributed by atoms with E-state index in [1.807, 2.05) is 0 Å². The van der Waals surface area contributed by atoms with Crippen molar-refractivity contribution in [3.05, 3.63) is 23.8 Å². The Balaban J connectivity index is 2.43. The number of aliphatic hydroxyl groups is 1. The highest BCUT2D eigenvalue weighted by molar-refractivity contribution is 5.76. The third kappa shape index (κ3) is 1.73. The van der Waals surface area contributed by atoms with Crippen molar-refractivity contribution in [2.75, 3.05) is 13.2 Å². The van der Waals surface area contributed by atoms with Gasteiger partial charge in [0.25, 0.3) is 0 Å². The van der Waals surface area contributed by atoms with E-state index in [2.05, 4.69) is 0 Å². The van der Waals surface area contributed by atoms with Gasteiger partial charge in [0.2, 0.25) is 0 Å². The highest BCUT2D eigenvalue weighted by Crippen LogP contribution is 2.36. The van der Waals surface area contributed by atoms with Crippen molar-refractivity contribution in [2.45, 2.75) is 6.10 Å². The number of hydrogen-bond acceptors (Lipinski definition) is 4. The molecule has 0 bridgehead atoms. The summed E-state index contributed by atoms with van der Waals surface area (Å²) in [4.78, 5) is 10.6. The van der Waals surface area contributed by atoms with E-state index in [1.54, 1.807) is 12.1 Å². The van der Waals surface area contributed by atoms with Gasteiger partial charge in [0.15, 0.2) is 17.6 Å². The minimum absolute atomic E-state index is 0.222. The number of carbonyl (C=O) groups is 1. The van der Waals surface area contributed by atoms with Crippen molar-refractivity contribution in [3.63, 3.8) is 0 Å². The SMILES string of the molecule is O=C(O)C(O)c1cccc2c1OCCO2. The molecule has 1 aliphatic rings. The van der Waals surface area contributed by atoms with Crippen molar-refractivity contribution >= 4 is 5.97 Å². The molecule has 0 saturated carbocycles. The third-order valence-corrected chi connectivity index (χ3v) is 2.13. The number of carboxylic acid groups (broad SMARTS) is 1. The molecule has 0 aliphatic carbocycles. The highest BCUT2D eigenvalue weighted by atomic mass is 16.6. The minimum Gasteiger partial charge on any atom is -0.486 e. The van der Waals surface area contributed by atoms with E-state index in [1.165, 1.54) is 6.07 Å². The van der Waals surface area contributed by atoms with Gasteiger partial charge in [-0.05, 0) is 6.07 Å². The van der Waals surface area contributed by atoms with Gasteiger partial charge in [0.05, 0.1) is 0 Å². The normalized spacial score (nSPS) is 15.8. The van der Waals surface area contributed by atoms with Crippen LogP contribution in [0.5, 0.6) is 11.5 Å². The van der Waals surface area contributed by atoms with Gasteiger partial charge in [-0.3, -0.25) is 0 Å². The number of benzene rings is 1. The molecule has 1 atom stereocenters. The Morgan fingerprint density at radius 1 is 1.33 bits per heavy atom. The molecule has 80 valence electrons. The summed E-state index contributed by atoms with van der Waals surface area (Å²) in [6.07, 6.45) is -1.58. The quantitative estimate of drug-likeness (QED) is 0.746. The summed E-state index contributed by atoms with van der Waals surface area (Å²) >= 11 is 0. The van der Waals surface area contributed by atoms with Gasteiger partial charge in [-0.25, -0.2) is 4.79 Å². The maximum atomic E-state index is 10.6. The zero-order valence-corrected chi connectivity index (χ0v) is 7.84. The van der Waals surface area contributed by atoms with Crippen molar-refractivity contribution in [1.82, 2.24) is 0 Å². The van der Waals surface area contributed by atoms with Gasteiger partial charge in [-0.1, -0.05) is 12.1 Å². The molecule has 1 aromatic rings. The predicted molar refractivity (Wildman–Crippen MR) is 50.0 cm³/mol. The number of hydrogen-bond donors (Lipinski definition) is 2. The molecule has 0 amide bonds. The topological polar surface area (TPSA) is 76.0 Å². The van der Waals surface area contributed by atoms with Crippen LogP contribution in [0.3, 0.4) is 0 Å². The lowest BCUT2D eigenvalue weighted by molar-refractivity contribution is -0.147. The monoisotopic (exact) mass is 210 g/mol. The first kappa shape index (κ1) is 9.79. The van der Waals surface area contributed by atoms with Crippen molar-refractivity contribution in [1.29, 1.82) is 0 Å². The standard InChI is InChI=1S/C10H10O5/c11-8(10(12)13)6-2-1-3-7-9(6)15-5-4-14-7/h1-3,8,11H,4-5H2,(H,12,13). The van der Waals surface area contributed by atoms with Crippen molar-refractivity contribution < 1.29 is 24.5 Å². The zero-order valence-electron chi connectivity index (χ0n) is 7.84. The number of aliphatic hydroxyl groups excluding tert-OH is 1. The number of para-hydroxylation sites is 1. The fourth-order valence-electron chi connectivity index (χ4n) is 1.44. The summed E-state index contributed by atoms with van der Waals surface area (Å²) in [7, 11) is 0. The summed E-state index contributed by atoms with van der Waals surface area (Å²) in [5.74, 6) is -0.518. The molecule has 0 spiro atoms. The second kappa shape index (κ2) is 3.78. The lowest BCUT2D eigenvalue weighted by Gasteiger charge is -2.21. The zero-order chi connectivity index (χ0) is 10.8. The highest BCUT2D eigenvalue weighted by Gasteiger charge is 2.24. The molecule has 1 aliphatic heterocycles. The second-order valence-corrected chi connectivity index (χ2v) is 3.11. The van der Waals surface area contributed by atoms with Crippen molar-refractivity contribution in [2.24, 2.45) is 0 Å². The van der Waals surface area contributed by atoms with E-state index in [-0.39, 0.29) is 5.56 Å². The molecule has 0 radical (unpaired) electrons. The van der Waals surface area contributed by atoms with Gasteiger partial charge in [0, 0.05) is 5.56 Å². The fourth-order valence-corrected chi connectivity index (χ4v) is 1.44. The van der Waals surface area contributed by atoms with E-state index < -0.39 is 12.1 Å². The van der Waals surface area contributed by atoms with Gasteiger partial charge in [-0.15, -0.1) is 0 Å². The predicted octanol–water partition coefficient (Wildman–Crippen LogP) is 0.576. The van der Waals surface area contributed by atoms with Crippen LogP contribution >= 0.6 is 0 Å². The van der Waals surface area contributed by atoms with Gasteiger partial charge >= 0.3 is 5.97 Å². The summed E-state index contributed by atoms with van der Waals surface area (Å²) in [6, 6.07) is 4.80. The molecular weight excluding hydrogens is 200 g/mol. The summed E-state index contributed by atoms with van der Waals surface area (Å²) in [5, 5.41) is 18.1. The Labute approximate surface area is 85.9 Å². The molecule has 15 heavy (non-hydrogen) atoms. The molecule has 0 fully saturated rings. The summed E-state index contributed by atoms with van der Waals surface area (Å²) < 4.78 is 10.5. The smallest absolute Gasteiger partial charge is 0.337 e. The van der Waals surface area contributed by atoms with E-state index in [9.17, 15) is 9.90 Å². The Morgan fingerprint density at radius 3 is 2.80 bits per heavy atom. The maximum absolute atomic E-state index is 10.6. The first-order valence-corrected chi connectivity index (χ1v) is 4.49. The fraction of sp³-hybridized carbons (Fsp3) is 0.300. The number of fused-ring (bicyclic) bond motifs is 1. The lowest BCUT2D eigenvalue weighted by Crippen LogP contribution is -2.19. The lowest BCUT2D eigenvalue weighted by atomic mass is 10.1. The number of ether oxygens (including phenoxy) is 2. The summed E-state index contributed by atoms with van der Waals surface area (Å²) in [5.41, 5.74) is 0.222. The average Bonchev–Trinajstić information content (AvgIpc) is 2.27. The Bertz CT molecular complexity index is 387. The van der Waals surface area contributed by atoms with Crippen LogP contribution in [-0.4, -0.2) is 29.4 Å². The molecule has 2 rings (SSSR count). The molecular formula is C10H10O5. The van der Waals surface area contributed by atoms with E-state index >= 15 is 0 Å². The van der Waals surface area contributed by atoms with Gasteiger partial charge in [-0.2, -0.15) is 0 Å². The van der Waals surface area contributed by atoms with Crippen LogP contribution in [0.25, 0.3) is 0 Å². The molecule has 2 N–H and O–H groups in total. The third-order valence-electron chi connectivity index (χ3n) is 2.13. The first-order chi connectivity index (χ1) is 7.20. The van der Waals surface area contributed by atoms with E-state index in [0.717, 1.165) is 0 Å². The van der Waals surface area contributed by atoms with Crippen LogP contribution < -0.4 is 9.47 Å². The molecule has 5 heteroatoms. The maximum Gasteiger partial charge on any atom is 0.337 e. The minimum atomic E-state index is -1.58. The van der Waals surface area contributed by atoms with Gasteiger partial charge < -0.3 is 19.7 Å². The molecule has 1 heterocycles. The van der Waals surface area contributed by atoms with Crippen LogP contribution in [0, 0.1) is 0 Å². The average molecular weight is 210 g/mol. The summed E-state index contributed by atoms with van der Waals surface area (Å²) in [6.45, 7) is 0.788. The number of aliphatic carboxylic acids is 1. The molecule has 1 unspecified atom stereocenters. The second-order valence-electron chi connectivity index (χ2n) is 3.11. The van der Waals surface area contributed by atoms with Crippen LogP contribution in [0.4, 0.5) is 0 Å². The largest absolute Gasteiger partial charge is 0.486 e. The Morgan fingerprint density at radius 2 is 2.07 bits per heavy atom. The Hall–Kier alpha value is -1.75. The molecule has 0 aromatic heterocycles. The van der Waals surface area contributed by atoms with E-state index in [4.69, 9.17) is 14.6 Å². The van der Waals surface area contributed by atoms with Crippen LogP contribution in [0.2, 0.25) is 0 Å². The number of rotatable bonds is 2. The van der Waals surface area contributed by atoms with Crippen LogP contribution in [0.1, 0.15) is 11.7 Å². The first-order valence-electron chi connectivity index (χ1n) is 4.49. The van der Waals surface area contributed by atoms with Crippen molar-refractivity contribution in [3.8, 4) is 11.5 Å². The Kier molecular flexibility index (Phi) is 2.47. The van der Waals surface area contributed by atoms with Crippen LogP contribution in [-0.2, 0) is 4.79 Å². The molecule has 1 aromatic carbocycles. The number of carboxylic acids is 1. The molecule has 5 nitrogen and oxygen atoms in total. The van der Waals surface area contributed by atoms with Crippen LogP contribution in [0.15, 0.2) is 18.2 Å². The van der Waals surface area contributed by atoms with E-state index in [0.29, 0.717) is 24.7 Å². The van der Waals surface area contributed by atoms with Gasteiger partial charge in [0.1, 0.15) is 13.2 Å².